The van der Waals surface area contributed by atoms with Crippen molar-refractivity contribution < 1.29 is 32.1 Å². The van der Waals surface area contributed by atoms with Gasteiger partial charge < -0.3 is 31.7 Å². The van der Waals surface area contributed by atoms with Gasteiger partial charge >= 0.3 is 10.3 Å². The standard InChI is InChI=1S/C19H24N8O7S2/c1-10-14(17(29)27(10)36(30,31)32)25-16(28)15(13-9-35-19(22)24-13)26-34-8-2-7-33-12-5-3-11(4-6-12)23-18(20)21/h3-6,9-10,14H,2,7-8H2,1H3,(H2,22,24)(H,25,28)(H4,20,21,23)(H,30,31,32)/t10-,14-/m0/s1. The van der Waals surface area contributed by atoms with Crippen molar-refractivity contribution >= 4 is 55.9 Å². The van der Waals surface area contributed by atoms with Crippen molar-refractivity contribution in [2.45, 2.75) is 25.4 Å². The monoisotopic (exact) mass is 540 g/mol. The van der Waals surface area contributed by atoms with Crippen molar-refractivity contribution in [2.24, 2.45) is 10.9 Å². The summed E-state index contributed by atoms with van der Waals surface area (Å²) in [5, 5.41) is 17.7. The first-order valence-corrected chi connectivity index (χ1v) is 12.6. The number of rotatable bonds is 11. The number of nitrogen functional groups attached to an aromatic ring is 1. The Kier molecular flexibility index (Phi) is 8.28. The van der Waals surface area contributed by atoms with Gasteiger partial charge in [0.2, 0.25) is 0 Å². The molecule has 0 radical (unpaired) electrons. The molecule has 17 heteroatoms. The molecule has 1 aliphatic rings. The van der Waals surface area contributed by atoms with E-state index in [1.165, 1.54) is 12.3 Å². The summed E-state index contributed by atoms with van der Waals surface area (Å²) in [5.41, 5.74) is 11.4. The summed E-state index contributed by atoms with van der Waals surface area (Å²) in [6, 6.07) is 4.61. The summed E-state index contributed by atoms with van der Waals surface area (Å²) >= 11 is 1.06. The molecule has 0 unspecified atom stereocenters. The first-order chi connectivity index (χ1) is 17.0. The molecule has 0 bridgehead atoms. The number of thiazole rings is 1. The number of hydrogen-bond donors (Lipinski definition) is 6. The molecule has 1 aromatic heterocycles. The third kappa shape index (κ3) is 6.58. The maximum Gasteiger partial charge on any atom is 0.362 e. The molecule has 1 saturated heterocycles. The average Bonchev–Trinajstić information content (AvgIpc) is 3.22. The molecular formula is C19H24N8O7S2. The maximum absolute atomic E-state index is 12.8. The fourth-order valence-electron chi connectivity index (χ4n) is 3.13. The van der Waals surface area contributed by atoms with Crippen LogP contribution in [0.15, 0.2) is 34.8 Å². The van der Waals surface area contributed by atoms with Gasteiger partial charge in [0, 0.05) is 17.5 Å². The van der Waals surface area contributed by atoms with E-state index in [0.717, 1.165) is 11.3 Å². The van der Waals surface area contributed by atoms with Crippen LogP contribution in [0.25, 0.3) is 0 Å². The molecule has 1 fully saturated rings. The highest BCUT2D eigenvalue weighted by Crippen LogP contribution is 2.23. The van der Waals surface area contributed by atoms with Crippen LogP contribution in [0.5, 0.6) is 5.75 Å². The number of nitrogens with one attached hydrogen (secondary N) is 3. The van der Waals surface area contributed by atoms with Crippen LogP contribution in [0.2, 0.25) is 0 Å². The molecule has 1 aromatic carbocycles. The molecule has 0 aliphatic carbocycles. The molecular weight excluding hydrogens is 516 g/mol. The fraction of sp³-hybridized carbons (Fsp3) is 0.316. The smallest absolute Gasteiger partial charge is 0.362 e. The summed E-state index contributed by atoms with van der Waals surface area (Å²) in [4.78, 5) is 34.1. The summed E-state index contributed by atoms with van der Waals surface area (Å²) in [7, 11) is -4.73. The molecule has 2 amide bonds. The van der Waals surface area contributed by atoms with Crippen LogP contribution in [0.3, 0.4) is 0 Å². The largest absolute Gasteiger partial charge is 0.493 e. The van der Waals surface area contributed by atoms with E-state index in [1.807, 2.05) is 0 Å². The number of nitrogens with two attached hydrogens (primary N) is 2. The Bertz CT molecular complexity index is 1260. The molecule has 15 nitrogen and oxygen atoms in total. The van der Waals surface area contributed by atoms with Gasteiger partial charge in [-0.25, -0.2) is 9.29 Å². The van der Waals surface area contributed by atoms with E-state index >= 15 is 0 Å². The lowest BCUT2D eigenvalue weighted by atomic mass is 10.0. The quantitative estimate of drug-likeness (QED) is 0.0542. The first kappa shape index (κ1) is 26.6. The number of β-lactam (4-membered cyclic amide) rings is 1. The number of benzene rings is 1. The Morgan fingerprint density at radius 2 is 2.03 bits per heavy atom. The minimum absolute atomic E-state index is 0.0790. The number of nitrogens with zero attached hydrogens (tertiary/aromatic N) is 3. The topological polar surface area (TPSA) is 235 Å². The lowest BCUT2D eigenvalue weighted by Crippen LogP contribution is -2.71. The fourth-order valence-corrected chi connectivity index (χ4v) is 4.56. The number of anilines is 2. The zero-order valence-corrected chi connectivity index (χ0v) is 20.5. The second kappa shape index (κ2) is 11.2. The van der Waals surface area contributed by atoms with E-state index in [9.17, 15) is 18.0 Å². The Balaban J connectivity index is 1.54. The number of aromatic nitrogens is 1. The number of carbonyl (C=O) groups excluding carboxylic acids is 2. The number of ether oxygens (including phenoxy) is 1. The zero-order chi connectivity index (χ0) is 26.5. The van der Waals surface area contributed by atoms with E-state index in [2.05, 4.69) is 20.8 Å². The third-order valence-electron chi connectivity index (χ3n) is 4.79. The van der Waals surface area contributed by atoms with Gasteiger partial charge in [-0.1, -0.05) is 5.16 Å². The predicted octanol–water partition coefficient (Wildman–Crippen LogP) is -0.261. The van der Waals surface area contributed by atoms with E-state index in [-0.39, 0.29) is 40.0 Å². The summed E-state index contributed by atoms with van der Waals surface area (Å²) in [6.45, 7) is 1.71. The van der Waals surface area contributed by atoms with E-state index in [0.29, 0.717) is 17.9 Å². The normalized spacial score (nSPS) is 17.8. The molecule has 2 atom stereocenters. The van der Waals surface area contributed by atoms with Crippen LogP contribution in [0.1, 0.15) is 19.0 Å². The van der Waals surface area contributed by atoms with Crippen molar-refractivity contribution in [1.29, 1.82) is 5.41 Å². The zero-order valence-electron chi connectivity index (χ0n) is 18.9. The van der Waals surface area contributed by atoms with Crippen molar-refractivity contribution in [3.8, 4) is 5.75 Å². The van der Waals surface area contributed by atoms with Crippen LogP contribution >= 0.6 is 11.3 Å². The summed E-state index contributed by atoms with van der Waals surface area (Å²) < 4.78 is 37.4. The molecule has 0 saturated carbocycles. The molecule has 36 heavy (non-hydrogen) atoms. The van der Waals surface area contributed by atoms with Crippen LogP contribution in [0.4, 0.5) is 10.8 Å². The highest BCUT2D eigenvalue weighted by atomic mass is 32.2. The molecule has 3 rings (SSSR count). The van der Waals surface area contributed by atoms with E-state index in [1.54, 1.807) is 24.3 Å². The van der Waals surface area contributed by atoms with Gasteiger partial charge in [-0.2, -0.15) is 8.42 Å². The molecule has 2 aromatic rings. The highest BCUT2D eigenvalue weighted by Gasteiger charge is 2.51. The van der Waals surface area contributed by atoms with Crippen LogP contribution in [-0.4, -0.2) is 71.0 Å². The van der Waals surface area contributed by atoms with E-state index in [4.69, 9.17) is 31.0 Å². The molecule has 1 aliphatic heterocycles. The van der Waals surface area contributed by atoms with Crippen molar-refractivity contribution in [2.75, 3.05) is 24.3 Å². The average molecular weight is 541 g/mol. The highest BCUT2D eigenvalue weighted by molar-refractivity contribution is 7.84. The molecule has 2 heterocycles. The number of carbonyl (C=O) groups is 2. The molecule has 0 spiro atoms. The predicted molar refractivity (Wildman–Crippen MR) is 131 cm³/mol. The Morgan fingerprint density at radius 3 is 2.58 bits per heavy atom. The third-order valence-corrected chi connectivity index (χ3v) is 6.47. The van der Waals surface area contributed by atoms with Crippen molar-refractivity contribution in [1.82, 2.24) is 14.6 Å². The van der Waals surface area contributed by atoms with Gasteiger partial charge in [-0.3, -0.25) is 19.6 Å². The van der Waals surface area contributed by atoms with Crippen LogP contribution in [-0.2, 0) is 24.7 Å². The minimum atomic E-state index is -4.73. The van der Waals surface area contributed by atoms with E-state index < -0.39 is 34.2 Å². The minimum Gasteiger partial charge on any atom is -0.493 e. The van der Waals surface area contributed by atoms with Gasteiger partial charge in [0.05, 0.1) is 12.6 Å². The van der Waals surface area contributed by atoms with Gasteiger partial charge in [0.1, 0.15) is 24.1 Å². The number of hydrogen-bond acceptors (Lipinski definition) is 11. The lowest BCUT2D eigenvalue weighted by Gasteiger charge is -2.42. The summed E-state index contributed by atoms with van der Waals surface area (Å²) in [5.74, 6) is -1.41. The second-order valence-corrected chi connectivity index (χ2v) is 9.59. The Hall–Kier alpha value is -3.96. The lowest BCUT2D eigenvalue weighted by molar-refractivity contribution is -0.143. The van der Waals surface area contributed by atoms with Crippen molar-refractivity contribution in [3.05, 3.63) is 35.3 Å². The first-order valence-electron chi connectivity index (χ1n) is 10.3. The maximum atomic E-state index is 12.8. The number of amides is 2. The van der Waals surface area contributed by atoms with Crippen LogP contribution < -0.4 is 26.8 Å². The Labute approximate surface area is 209 Å². The Morgan fingerprint density at radius 1 is 1.33 bits per heavy atom. The van der Waals surface area contributed by atoms with Gasteiger partial charge in [-0.05, 0) is 31.2 Å². The van der Waals surface area contributed by atoms with Gasteiger partial charge in [-0.15, -0.1) is 11.3 Å². The number of guanidine groups is 1. The second-order valence-electron chi connectivity index (χ2n) is 7.41. The van der Waals surface area contributed by atoms with Crippen molar-refractivity contribution in [3.63, 3.8) is 0 Å². The van der Waals surface area contributed by atoms with Crippen LogP contribution in [0, 0.1) is 5.41 Å². The molecule has 8 N–H and O–H groups in total. The molecule has 194 valence electrons. The van der Waals surface area contributed by atoms with Gasteiger partial charge in [0.15, 0.2) is 16.8 Å². The van der Waals surface area contributed by atoms with Gasteiger partial charge in [0.25, 0.3) is 11.8 Å². The SMILES string of the molecule is C[C@H]1[C@H](NC(=O)C(=NOCCCOc2ccc(NC(=N)N)cc2)c2csc(N)n2)C(=O)N1S(=O)(=O)O. The number of oxime groups is 1. The summed E-state index contributed by atoms with van der Waals surface area (Å²) in [6.07, 6.45) is 0.409.